The Labute approximate surface area is 116 Å². The van der Waals surface area contributed by atoms with Crippen LogP contribution >= 0.6 is 11.8 Å². The molecule has 3 nitrogen and oxygen atoms in total. The number of nitrogens with two attached hydrogens (primary N) is 1. The molecule has 98 valence electrons. The SMILES string of the molecule is C[C@@H](Oc1cccc(N)c1)C(=O)Sc1ccccc1. The van der Waals surface area contributed by atoms with E-state index in [1.54, 1.807) is 31.2 Å². The third-order valence-electron chi connectivity index (χ3n) is 2.46. The molecule has 0 radical (unpaired) electrons. The molecule has 0 aliphatic carbocycles. The van der Waals surface area contributed by atoms with Crippen molar-refractivity contribution in [2.75, 3.05) is 5.73 Å². The van der Waals surface area contributed by atoms with Crippen molar-refractivity contribution in [3.8, 4) is 5.75 Å². The summed E-state index contributed by atoms with van der Waals surface area (Å²) in [4.78, 5) is 12.9. The number of hydrogen-bond donors (Lipinski definition) is 1. The van der Waals surface area contributed by atoms with E-state index in [1.807, 2.05) is 30.3 Å². The summed E-state index contributed by atoms with van der Waals surface area (Å²) in [6.07, 6.45) is -0.521. The Balaban J connectivity index is 1.96. The zero-order chi connectivity index (χ0) is 13.7. The Kier molecular flexibility index (Phi) is 4.47. The molecule has 19 heavy (non-hydrogen) atoms. The fourth-order valence-electron chi connectivity index (χ4n) is 1.53. The van der Waals surface area contributed by atoms with Crippen molar-refractivity contribution >= 4 is 22.6 Å². The maximum absolute atomic E-state index is 12.0. The smallest absolute Gasteiger partial charge is 0.233 e. The molecule has 1 atom stereocenters. The van der Waals surface area contributed by atoms with Crippen molar-refractivity contribution in [2.24, 2.45) is 0 Å². The van der Waals surface area contributed by atoms with Crippen molar-refractivity contribution < 1.29 is 9.53 Å². The minimum atomic E-state index is -0.521. The van der Waals surface area contributed by atoms with Gasteiger partial charge in [0.2, 0.25) is 5.12 Å². The highest BCUT2D eigenvalue weighted by atomic mass is 32.2. The van der Waals surface area contributed by atoms with Gasteiger partial charge in [0.25, 0.3) is 0 Å². The zero-order valence-corrected chi connectivity index (χ0v) is 11.4. The Hall–Kier alpha value is -1.94. The molecule has 2 aromatic rings. The number of hydrogen-bond acceptors (Lipinski definition) is 4. The highest BCUT2D eigenvalue weighted by molar-refractivity contribution is 8.13. The van der Waals surface area contributed by atoms with Gasteiger partial charge in [-0.3, -0.25) is 4.79 Å². The Morgan fingerprint density at radius 1 is 1.16 bits per heavy atom. The predicted molar refractivity (Wildman–Crippen MR) is 78.3 cm³/mol. The third kappa shape index (κ3) is 4.03. The quantitative estimate of drug-likeness (QED) is 0.685. The lowest BCUT2D eigenvalue weighted by Crippen LogP contribution is -2.20. The van der Waals surface area contributed by atoms with Gasteiger partial charge in [0.05, 0.1) is 0 Å². The van der Waals surface area contributed by atoms with Gasteiger partial charge in [0.15, 0.2) is 6.10 Å². The first kappa shape index (κ1) is 13.5. The number of thioether (sulfide) groups is 1. The first-order valence-electron chi connectivity index (χ1n) is 5.94. The van der Waals surface area contributed by atoms with Gasteiger partial charge in [0.1, 0.15) is 5.75 Å². The van der Waals surface area contributed by atoms with Gasteiger partial charge in [-0.15, -0.1) is 0 Å². The third-order valence-corrected chi connectivity index (χ3v) is 3.51. The maximum atomic E-state index is 12.0. The second kappa shape index (κ2) is 6.29. The molecule has 0 saturated heterocycles. The van der Waals surface area contributed by atoms with Crippen LogP contribution in [0.5, 0.6) is 5.75 Å². The van der Waals surface area contributed by atoms with Crippen molar-refractivity contribution in [1.82, 2.24) is 0 Å². The monoisotopic (exact) mass is 273 g/mol. The average molecular weight is 273 g/mol. The highest BCUT2D eigenvalue weighted by Gasteiger charge is 2.16. The first-order valence-corrected chi connectivity index (χ1v) is 6.76. The van der Waals surface area contributed by atoms with E-state index in [9.17, 15) is 4.79 Å². The van der Waals surface area contributed by atoms with E-state index in [2.05, 4.69) is 0 Å². The minimum absolute atomic E-state index is 0.0337. The van der Waals surface area contributed by atoms with E-state index in [1.165, 1.54) is 11.8 Å². The molecule has 0 fully saturated rings. The maximum Gasteiger partial charge on any atom is 0.233 e. The molecule has 0 spiro atoms. The summed E-state index contributed by atoms with van der Waals surface area (Å²) < 4.78 is 5.58. The molecular weight excluding hydrogens is 258 g/mol. The van der Waals surface area contributed by atoms with Gasteiger partial charge < -0.3 is 10.5 Å². The van der Waals surface area contributed by atoms with Crippen LogP contribution in [-0.2, 0) is 4.79 Å². The first-order chi connectivity index (χ1) is 9.15. The van der Waals surface area contributed by atoms with Gasteiger partial charge in [-0.25, -0.2) is 0 Å². The molecule has 0 bridgehead atoms. The van der Waals surface area contributed by atoms with E-state index < -0.39 is 6.10 Å². The molecule has 0 heterocycles. The molecular formula is C15H15NO2S. The van der Waals surface area contributed by atoms with E-state index in [0.717, 1.165) is 4.90 Å². The van der Waals surface area contributed by atoms with Crippen LogP contribution in [0, 0.1) is 0 Å². The second-order valence-electron chi connectivity index (χ2n) is 4.07. The fourth-order valence-corrected chi connectivity index (χ4v) is 2.27. The predicted octanol–water partition coefficient (Wildman–Crippen LogP) is 3.36. The highest BCUT2D eigenvalue weighted by Crippen LogP contribution is 2.22. The summed E-state index contributed by atoms with van der Waals surface area (Å²) in [6.45, 7) is 1.74. The number of benzene rings is 2. The van der Waals surface area contributed by atoms with Crippen molar-refractivity contribution in [3.05, 3.63) is 54.6 Å². The van der Waals surface area contributed by atoms with E-state index >= 15 is 0 Å². The molecule has 0 saturated carbocycles. The van der Waals surface area contributed by atoms with Crippen LogP contribution in [0.4, 0.5) is 5.69 Å². The van der Waals surface area contributed by atoms with Crippen molar-refractivity contribution in [2.45, 2.75) is 17.9 Å². The number of nitrogen functional groups attached to an aromatic ring is 1. The molecule has 0 amide bonds. The van der Waals surface area contributed by atoms with Crippen LogP contribution in [0.15, 0.2) is 59.5 Å². The van der Waals surface area contributed by atoms with Crippen molar-refractivity contribution in [3.63, 3.8) is 0 Å². The van der Waals surface area contributed by atoms with Crippen LogP contribution in [0.1, 0.15) is 6.92 Å². The topological polar surface area (TPSA) is 52.3 Å². The van der Waals surface area contributed by atoms with Gasteiger partial charge in [-0.05, 0) is 43.0 Å². The van der Waals surface area contributed by atoms with Crippen LogP contribution in [-0.4, -0.2) is 11.2 Å². The summed E-state index contributed by atoms with van der Waals surface area (Å²) >= 11 is 1.18. The van der Waals surface area contributed by atoms with E-state index in [0.29, 0.717) is 11.4 Å². The Morgan fingerprint density at radius 2 is 1.89 bits per heavy atom. The average Bonchev–Trinajstić information content (AvgIpc) is 2.40. The number of anilines is 1. The standard InChI is InChI=1S/C15H15NO2S/c1-11(18-13-7-5-6-12(16)10-13)15(17)19-14-8-3-2-4-9-14/h2-11H,16H2,1H3/t11-/m1/s1. The van der Waals surface area contributed by atoms with Crippen LogP contribution in [0.25, 0.3) is 0 Å². The van der Waals surface area contributed by atoms with Gasteiger partial charge >= 0.3 is 0 Å². The Bertz CT molecular complexity index is 557. The van der Waals surface area contributed by atoms with E-state index in [-0.39, 0.29) is 5.12 Å². The summed E-state index contributed by atoms with van der Waals surface area (Å²) in [5.41, 5.74) is 6.28. The van der Waals surface area contributed by atoms with Crippen LogP contribution in [0.2, 0.25) is 0 Å². The summed E-state index contributed by atoms with van der Waals surface area (Å²) in [7, 11) is 0. The fraction of sp³-hybridized carbons (Fsp3) is 0.133. The summed E-state index contributed by atoms with van der Waals surface area (Å²) in [5, 5.41) is -0.0337. The van der Waals surface area contributed by atoms with Crippen molar-refractivity contribution in [1.29, 1.82) is 0 Å². The van der Waals surface area contributed by atoms with Crippen LogP contribution in [0.3, 0.4) is 0 Å². The molecule has 0 unspecified atom stereocenters. The molecule has 0 aromatic heterocycles. The lowest BCUT2D eigenvalue weighted by Gasteiger charge is -2.13. The van der Waals surface area contributed by atoms with Gasteiger partial charge in [0, 0.05) is 16.6 Å². The molecule has 2 aromatic carbocycles. The summed E-state index contributed by atoms with van der Waals surface area (Å²) in [5.74, 6) is 0.606. The molecule has 0 aliphatic rings. The number of ether oxygens (including phenoxy) is 1. The largest absolute Gasteiger partial charge is 0.482 e. The lowest BCUT2D eigenvalue weighted by molar-refractivity contribution is -0.116. The molecule has 4 heteroatoms. The Morgan fingerprint density at radius 3 is 2.58 bits per heavy atom. The lowest BCUT2D eigenvalue weighted by atomic mass is 10.3. The van der Waals surface area contributed by atoms with Gasteiger partial charge in [-0.1, -0.05) is 24.3 Å². The minimum Gasteiger partial charge on any atom is -0.482 e. The molecule has 2 rings (SSSR count). The van der Waals surface area contributed by atoms with E-state index in [4.69, 9.17) is 10.5 Å². The van der Waals surface area contributed by atoms with Crippen LogP contribution < -0.4 is 10.5 Å². The van der Waals surface area contributed by atoms with Gasteiger partial charge in [-0.2, -0.15) is 0 Å². The number of carbonyl (C=O) groups excluding carboxylic acids is 1. The second-order valence-corrected chi connectivity index (χ2v) is 5.14. The zero-order valence-electron chi connectivity index (χ0n) is 10.6. The number of carbonyl (C=O) groups is 1. The summed E-state index contributed by atoms with van der Waals surface area (Å²) in [6, 6.07) is 16.6. The molecule has 2 N–H and O–H groups in total. The molecule has 0 aliphatic heterocycles. The normalized spacial score (nSPS) is 11.8. The number of rotatable bonds is 4.